The summed E-state index contributed by atoms with van der Waals surface area (Å²) in [5.41, 5.74) is 3.40. The van der Waals surface area contributed by atoms with Crippen molar-refractivity contribution in [3.63, 3.8) is 0 Å². The first-order chi connectivity index (χ1) is 12.8. The lowest BCUT2D eigenvalue weighted by atomic mass is 10.2. The Balaban J connectivity index is 1.29. The molecule has 5 nitrogen and oxygen atoms in total. The fourth-order valence-electron chi connectivity index (χ4n) is 3.28. The number of hydrogen-bond donors (Lipinski definition) is 2. The van der Waals surface area contributed by atoms with Gasteiger partial charge in [-0.1, -0.05) is 12.1 Å². The maximum atomic E-state index is 5.60. The van der Waals surface area contributed by atoms with Crippen LogP contribution >= 0.6 is 12.2 Å². The molecule has 2 N–H and O–H groups in total. The number of fused-ring (bicyclic) bond motifs is 1. The van der Waals surface area contributed by atoms with Crippen LogP contribution in [-0.4, -0.2) is 31.4 Å². The van der Waals surface area contributed by atoms with Crippen LogP contribution in [0.5, 0.6) is 11.5 Å². The highest BCUT2D eigenvalue weighted by Gasteiger charge is 2.13. The van der Waals surface area contributed by atoms with Gasteiger partial charge in [-0.05, 0) is 54.9 Å². The van der Waals surface area contributed by atoms with Gasteiger partial charge in [-0.15, -0.1) is 0 Å². The van der Waals surface area contributed by atoms with Crippen molar-refractivity contribution in [2.24, 2.45) is 0 Å². The predicted octanol–water partition coefficient (Wildman–Crippen LogP) is 3.54. The van der Waals surface area contributed by atoms with Gasteiger partial charge in [-0.3, -0.25) is 0 Å². The molecule has 1 fully saturated rings. The molecule has 2 aromatic carbocycles. The Morgan fingerprint density at radius 1 is 0.962 bits per heavy atom. The van der Waals surface area contributed by atoms with Gasteiger partial charge >= 0.3 is 0 Å². The van der Waals surface area contributed by atoms with E-state index in [9.17, 15) is 0 Å². The second-order valence-corrected chi connectivity index (χ2v) is 6.93. The minimum Gasteiger partial charge on any atom is -0.486 e. The van der Waals surface area contributed by atoms with E-state index in [1.165, 1.54) is 37.2 Å². The van der Waals surface area contributed by atoms with Crippen molar-refractivity contribution < 1.29 is 9.47 Å². The Labute approximate surface area is 159 Å². The van der Waals surface area contributed by atoms with Crippen molar-refractivity contribution in [2.75, 3.05) is 36.5 Å². The van der Waals surface area contributed by atoms with Crippen molar-refractivity contribution in [2.45, 2.75) is 19.4 Å². The number of rotatable bonds is 4. The van der Waals surface area contributed by atoms with Gasteiger partial charge < -0.3 is 25.0 Å². The second-order valence-electron chi connectivity index (χ2n) is 6.53. The summed E-state index contributed by atoms with van der Waals surface area (Å²) >= 11 is 5.40. The molecule has 2 aromatic rings. The van der Waals surface area contributed by atoms with Gasteiger partial charge in [-0.25, -0.2) is 0 Å². The molecule has 2 heterocycles. The van der Waals surface area contributed by atoms with E-state index in [4.69, 9.17) is 21.7 Å². The van der Waals surface area contributed by atoms with Crippen LogP contribution in [0.1, 0.15) is 18.4 Å². The van der Waals surface area contributed by atoms with Crippen molar-refractivity contribution in [1.82, 2.24) is 5.32 Å². The molecule has 0 unspecified atom stereocenters. The SMILES string of the molecule is S=C(NCc1ccc(N2CCCC2)cc1)Nc1ccc2c(c1)OCCO2. The summed E-state index contributed by atoms with van der Waals surface area (Å²) in [4.78, 5) is 2.44. The number of hydrogen-bond acceptors (Lipinski definition) is 4. The van der Waals surface area contributed by atoms with Crippen molar-refractivity contribution in [3.05, 3.63) is 48.0 Å². The zero-order valence-corrected chi connectivity index (χ0v) is 15.5. The molecule has 26 heavy (non-hydrogen) atoms. The molecule has 0 saturated carbocycles. The van der Waals surface area contributed by atoms with Gasteiger partial charge in [0.05, 0.1) is 0 Å². The van der Waals surface area contributed by atoms with E-state index in [0.29, 0.717) is 24.9 Å². The molecule has 4 rings (SSSR count). The van der Waals surface area contributed by atoms with Crippen LogP contribution in [0.4, 0.5) is 11.4 Å². The molecule has 0 radical (unpaired) electrons. The summed E-state index contributed by atoms with van der Waals surface area (Å²) in [5, 5.41) is 7.03. The Morgan fingerprint density at radius 2 is 1.69 bits per heavy atom. The zero-order valence-electron chi connectivity index (χ0n) is 14.7. The van der Waals surface area contributed by atoms with Crippen LogP contribution in [0.25, 0.3) is 0 Å². The molecule has 0 atom stereocenters. The predicted molar refractivity (Wildman–Crippen MR) is 108 cm³/mol. The summed E-state index contributed by atoms with van der Waals surface area (Å²) in [6.07, 6.45) is 2.59. The van der Waals surface area contributed by atoms with E-state index in [-0.39, 0.29) is 0 Å². The van der Waals surface area contributed by atoms with Crippen LogP contribution < -0.4 is 25.0 Å². The number of benzene rings is 2. The monoisotopic (exact) mass is 369 g/mol. The molecule has 6 heteroatoms. The average Bonchev–Trinajstić information content (AvgIpc) is 3.21. The quantitative estimate of drug-likeness (QED) is 0.804. The van der Waals surface area contributed by atoms with Gasteiger partial charge in [0.15, 0.2) is 16.6 Å². The summed E-state index contributed by atoms with van der Waals surface area (Å²) in [5.74, 6) is 1.53. The molecule has 0 aliphatic carbocycles. The average molecular weight is 369 g/mol. The summed E-state index contributed by atoms with van der Waals surface area (Å²) in [7, 11) is 0. The highest BCUT2D eigenvalue weighted by molar-refractivity contribution is 7.80. The maximum Gasteiger partial charge on any atom is 0.171 e. The minimum absolute atomic E-state index is 0.576. The van der Waals surface area contributed by atoms with E-state index in [1.807, 2.05) is 18.2 Å². The number of ether oxygens (including phenoxy) is 2. The maximum absolute atomic E-state index is 5.60. The third-order valence-corrected chi connectivity index (χ3v) is 4.91. The van der Waals surface area contributed by atoms with Crippen LogP contribution in [0.15, 0.2) is 42.5 Å². The number of thiocarbonyl (C=S) groups is 1. The van der Waals surface area contributed by atoms with E-state index >= 15 is 0 Å². The first-order valence-corrected chi connectivity index (χ1v) is 9.47. The van der Waals surface area contributed by atoms with Crippen LogP contribution in [0.2, 0.25) is 0 Å². The third-order valence-electron chi connectivity index (χ3n) is 4.66. The highest BCUT2D eigenvalue weighted by atomic mass is 32.1. The van der Waals surface area contributed by atoms with E-state index < -0.39 is 0 Å². The van der Waals surface area contributed by atoms with Crippen molar-refractivity contribution >= 4 is 28.7 Å². The Hall–Kier alpha value is -2.47. The fraction of sp³-hybridized carbons (Fsp3) is 0.350. The van der Waals surface area contributed by atoms with E-state index in [2.05, 4.69) is 39.8 Å². The summed E-state index contributed by atoms with van der Waals surface area (Å²) in [6.45, 7) is 4.20. The normalized spacial score (nSPS) is 15.6. The van der Waals surface area contributed by atoms with Gasteiger partial charge in [0.2, 0.25) is 0 Å². The highest BCUT2D eigenvalue weighted by Crippen LogP contribution is 2.32. The molecule has 0 aromatic heterocycles. The number of anilines is 2. The van der Waals surface area contributed by atoms with Crippen molar-refractivity contribution in [3.8, 4) is 11.5 Å². The summed E-state index contributed by atoms with van der Waals surface area (Å²) in [6, 6.07) is 14.5. The van der Waals surface area contributed by atoms with Crippen LogP contribution in [0.3, 0.4) is 0 Å². The topological polar surface area (TPSA) is 45.8 Å². The zero-order chi connectivity index (χ0) is 17.8. The molecule has 2 aliphatic heterocycles. The van der Waals surface area contributed by atoms with Crippen LogP contribution in [-0.2, 0) is 6.54 Å². The third kappa shape index (κ3) is 4.02. The minimum atomic E-state index is 0.576. The smallest absolute Gasteiger partial charge is 0.171 e. The molecule has 0 amide bonds. The molecule has 1 saturated heterocycles. The largest absolute Gasteiger partial charge is 0.486 e. The first kappa shape index (κ1) is 17.0. The lowest BCUT2D eigenvalue weighted by Crippen LogP contribution is -2.28. The van der Waals surface area contributed by atoms with Crippen LogP contribution in [0, 0.1) is 0 Å². The van der Waals surface area contributed by atoms with Gasteiger partial charge in [0, 0.05) is 37.1 Å². The molecule has 0 spiro atoms. The molecular weight excluding hydrogens is 346 g/mol. The first-order valence-electron chi connectivity index (χ1n) is 9.06. The van der Waals surface area contributed by atoms with Crippen molar-refractivity contribution in [1.29, 1.82) is 0 Å². The standard InChI is InChI=1S/C20H23N3O2S/c26-20(22-16-5-8-18-19(13-16)25-12-11-24-18)21-14-15-3-6-17(7-4-15)23-9-1-2-10-23/h3-8,13H,1-2,9-12,14H2,(H2,21,22,26). The molecule has 0 bridgehead atoms. The fourth-order valence-corrected chi connectivity index (χ4v) is 3.47. The molecular formula is C20H23N3O2S. The molecule has 136 valence electrons. The Kier molecular flexibility index (Phi) is 5.11. The number of nitrogens with one attached hydrogen (secondary N) is 2. The Bertz CT molecular complexity index is 773. The lowest BCUT2D eigenvalue weighted by Gasteiger charge is -2.19. The summed E-state index contributed by atoms with van der Waals surface area (Å²) < 4.78 is 11.1. The lowest BCUT2D eigenvalue weighted by molar-refractivity contribution is 0.171. The number of nitrogens with zero attached hydrogens (tertiary/aromatic N) is 1. The molecule has 2 aliphatic rings. The second kappa shape index (κ2) is 7.83. The van der Waals surface area contributed by atoms with E-state index in [0.717, 1.165) is 17.2 Å². The van der Waals surface area contributed by atoms with Gasteiger partial charge in [0.25, 0.3) is 0 Å². The Morgan fingerprint density at radius 3 is 2.46 bits per heavy atom. The van der Waals surface area contributed by atoms with Gasteiger partial charge in [-0.2, -0.15) is 0 Å². The van der Waals surface area contributed by atoms with E-state index in [1.54, 1.807) is 0 Å². The van der Waals surface area contributed by atoms with Gasteiger partial charge in [0.1, 0.15) is 13.2 Å².